The first-order chi connectivity index (χ1) is 8.58. The van der Waals surface area contributed by atoms with E-state index in [9.17, 15) is 0 Å². The Morgan fingerprint density at radius 1 is 1.50 bits per heavy atom. The first kappa shape index (κ1) is 12.2. The van der Waals surface area contributed by atoms with Crippen molar-refractivity contribution in [3.05, 3.63) is 23.2 Å². The standard InChI is InChI=1S/C13H16ClN3S/c1-13(12-15-5-6-16-12)8-17(2)10-7-9(14)3-4-11(10)18-13/h3-4,7H,5-6,8H2,1-2H3,(H,15,16). The van der Waals surface area contributed by atoms with E-state index in [0.29, 0.717) is 0 Å². The van der Waals surface area contributed by atoms with Gasteiger partial charge >= 0.3 is 0 Å². The summed E-state index contributed by atoms with van der Waals surface area (Å²) in [5.41, 5.74) is 1.21. The van der Waals surface area contributed by atoms with Crippen LogP contribution in [-0.2, 0) is 0 Å². The number of amidine groups is 1. The van der Waals surface area contributed by atoms with Gasteiger partial charge in [-0.25, -0.2) is 0 Å². The number of thioether (sulfide) groups is 1. The molecule has 3 nitrogen and oxygen atoms in total. The summed E-state index contributed by atoms with van der Waals surface area (Å²) in [6.45, 7) is 5.05. The first-order valence-electron chi connectivity index (χ1n) is 6.07. The predicted molar refractivity (Wildman–Crippen MR) is 79.3 cm³/mol. The number of hydrogen-bond acceptors (Lipinski definition) is 4. The molecule has 3 rings (SSSR count). The van der Waals surface area contributed by atoms with Gasteiger partial charge in [0.25, 0.3) is 0 Å². The molecule has 1 unspecified atom stereocenters. The maximum atomic E-state index is 6.07. The van der Waals surface area contributed by atoms with Crippen LogP contribution in [0.4, 0.5) is 5.69 Å². The minimum absolute atomic E-state index is 0.00603. The lowest BCUT2D eigenvalue weighted by molar-refractivity contribution is 0.747. The molecule has 1 atom stereocenters. The maximum absolute atomic E-state index is 6.07. The van der Waals surface area contributed by atoms with Crippen molar-refractivity contribution < 1.29 is 0 Å². The Bertz CT molecular complexity index is 517. The van der Waals surface area contributed by atoms with Crippen LogP contribution in [0.5, 0.6) is 0 Å². The molecule has 5 heteroatoms. The Morgan fingerprint density at radius 2 is 2.33 bits per heavy atom. The van der Waals surface area contributed by atoms with Crippen LogP contribution in [0.15, 0.2) is 28.1 Å². The zero-order chi connectivity index (χ0) is 12.8. The smallest absolute Gasteiger partial charge is 0.115 e. The lowest BCUT2D eigenvalue weighted by Gasteiger charge is -2.40. The molecule has 18 heavy (non-hydrogen) atoms. The summed E-state index contributed by atoms with van der Waals surface area (Å²) in [7, 11) is 2.11. The molecule has 96 valence electrons. The first-order valence-corrected chi connectivity index (χ1v) is 7.26. The summed E-state index contributed by atoms with van der Waals surface area (Å²) in [5.74, 6) is 1.12. The van der Waals surface area contributed by atoms with Crippen LogP contribution in [0.2, 0.25) is 5.02 Å². The second-order valence-electron chi connectivity index (χ2n) is 4.96. The highest BCUT2D eigenvalue weighted by molar-refractivity contribution is 8.01. The molecule has 1 aromatic carbocycles. The minimum atomic E-state index is 0.00603. The average molecular weight is 282 g/mol. The molecular formula is C13H16ClN3S. The summed E-state index contributed by atoms with van der Waals surface area (Å²) >= 11 is 7.94. The van der Waals surface area contributed by atoms with Gasteiger partial charge in [-0.1, -0.05) is 11.6 Å². The third-order valence-electron chi connectivity index (χ3n) is 3.38. The van der Waals surface area contributed by atoms with Gasteiger partial charge < -0.3 is 10.2 Å². The van der Waals surface area contributed by atoms with Crippen molar-refractivity contribution in [1.82, 2.24) is 5.32 Å². The fraction of sp³-hybridized carbons (Fsp3) is 0.462. The van der Waals surface area contributed by atoms with E-state index >= 15 is 0 Å². The fourth-order valence-electron chi connectivity index (χ4n) is 2.56. The average Bonchev–Trinajstić information content (AvgIpc) is 2.84. The highest BCUT2D eigenvalue weighted by atomic mass is 35.5. The summed E-state index contributed by atoms with van der Waals surface area (Å²) in [6.07, 6.45) is 0. The molecule has 0 amide bonds. The maximum Gasteiger partial charge on any atom is 0.115 e. The SMILES string of the molecule is CN1CC(C)(C2=NCCN2)Sc2ccc(Cl)cc21. The number of nitrogens with one attached hydrogen (secondary N) is 1. The molecule has 0 spiro atoms. The Morgan fingerprint density at radius 3 is 3.06 bits per heavy atom. The molecule has 0 aliphatic carbocycles. The molecule has 0 saturated heterocycles. The van der Waals surface area contributed by atoms with Crippen molar-refractivity contribution in [3.63, 3.8) is 0 Å². The normalized spacial score (nSPS) is 26.6. The van der Waals surface area contributed by atoms with Gasteiger partial charge in [-0.3, -0.25) is 4.99 Å². The number of nitrogens with zero attached hydrogens (tertiary/aromatic N) is 2. The molecule has 1 N–H and O–H groups in total. The number of hydrogen-bond donors (Lipinski definition) is 1. The summed E-state index contributed by atoms with van der Waals surface area (Å²) in [6, 6.07) is 6.09. The molecule has 0 saturated carbocycles. The van der Waals surface area contributed by atoms with Crippen molar-refractivity contribution >= 4 is 34.9 Å². The van der Waals surface area contributed by atoms with Crippen LogP contribution in [-0.4, -0.2) is 37.3 Å². The molecular weight excluding hydrogens is 266 g/mol. The Labute approximate surface area is 117 Å². The highest BCUT2D eigenvalue weighted by Crippen LogP contribution is 2.45. The molecule has 0 fully saturated rings. The molecule has 1 aromatic rings. The van der Waals surface area contributed by atoms with E-state index in [4.69, 9.17) is 11.6 Å². The minimum Gasteiger partial charge on any atom is -0.372 e. The zero-order valence-electron chi connectivity index (χ0n) is 10.5. The van der Waals surface area contributed by atoms with E-state index in [1.54, 1.807) is 0 Å². The van der Waals surface area contributed by atoms with Gasteiger partial charge in [0.15, 0.2) is 0 Å². The number of halogens is 1. The quantitative estimate of drug-likeness (QED) is 0.858. The molecule has 0 bridgehead atoms. The summed E-state index contributed by atoms with van der Waals surface area (Å²) in [4.78, 5) is 8.12. The number of fused-ring (bicyclic) bond motifs is 1. The molecule has 0 radical (unpaired) electrons. The Kier molecular flexibility index (Phi) is 2.94. The molecule has 2 aliphatic heterocycles. The van der Waals surface area contributed by atoms with Gasteiger partial charge in [0, 0.05) is 30.1 Å². The van der Waals surface area contributed by atoms with Gasteiger partial charge in [0.2, 0.25) is 0 Å². The van der Waals surface area contributed by atoms with Crippen LogP contribution in [0, 0.1) is 0 Å². The number of anilines is 1. The van der Waals surface area contributed by atoms with E-state index in [0.717, 1.165) is 30.5 Å². The van der Waals surface area contributed by atoms with Gasteiger partial charge in [-0.2, -0.15) is 0 Å². The van der Waals surface area contributed by atoms with E-state index < -0.39 is 0 Å². The topological polar surface area (TPSA) is 27.6 Å². The Balaban J connectivity index is 1.98. The largest absolute Gasteiger partial charge is 0.372 e. The van der Waals surface area contributed by atoms with Crippen molar-refractivity contribution in [3.8, 4) is 0 Å². The lowest BCUT2D eigenvalue weighted by atomic mass is 10.1. The van der Waals surface area contributed by atoms with E-state index in [-0.39, 0.29) is 4.75 Å². The summed E-state index contributed by atoms with van der Waals surface area (Å²) in [5, 5.41) is 4.20. The van der Waals surface area contributed by atoms with Crippen molar-refractivity contribution in [2.45, 2.75) is 16.6 Å². The van der Waals surface area contributed by atoms with E-state index in [2.05, 4.69) is 35.2 Å². The van der Waals surface area contributed by atoms with Crippen LogP contribution in [0.1, 0.15) is 6.92 Å². The molecule has 0 aromatic heterocycles. The monoisotopic (exact) mass is 281 g/mol. The van der Waals surface area contributed by atoms with E-state index in [1.807, 2.05) is 23.9 Å². The van der Waals surface area contributed by atoms with Crippen LogP contribution in [0.25, 0.3) is 0 Å². The zero-order valence-corrected chi connectivity index (χ0v) is 12.1. The second-order valence-corrected chi connectivity index (χ2v) is 6.94. The fourth-order valence-corrected chi connectivity index (χ4v) is 4.16. The third-order valence-corrected chi connectivity index (χ3v) is 4.95. The lowest BCUT2D eigenvalue weighted by Crippen LogP contribution is -2.49. The second kappa shape index (κ2) is 4.35. The van der Waals surface area contributed by atoms with Gasteiger partial charge in [0.1, 0.15) is 5.84 Å². The predicted octanol–water partition coefficient (Wildman–Crippen LogP) is 2.64. The molecule has 2 aliphatic rings. The van der Waals surface area contributed by atoms with Gasteiger partial charge in [-0.05, 0) is 25.1 Å². The van der Waals surface area contributed by atoms with Crippen molar-refractivity contribution in [2.75, 3.05) is 31.6 Å². The molecule has 2 heterocycles. The highest BCUT2D eigenvalue weighted by Gasteiger charge is 2.39. The summed E-state index contributed by atoms with van der Waals surface area (Å²) < 4.78 is 0.00603. The van der Waals surface area contributed by atoms with Crippen LogP contribution < -0.4 is 10.2 Å². The van der Waals surface area contributed by atoms with Gasteiger partial charge in [-0.15, -0.1) is 11.8 Å². The van der Waals surface area contributed by atoms with Crippen LogP contribution in [0.3, 0.4) is 0 Å². The van der Waals surface area contributed by atoms with E-state index in [1.165, 1.54) is 10.6 Å². The number of aliphatic imine (C=N–C) groups is 1. The number of benzene rings is 1. The number of rotatable bonds is 1. The van der Waals surface area contributed by atoms with Crippen molar-refractivity contribution in [1.29, 1.82) is 0 Å². The van der Waals surface area contributed by atoms with Crippen LogP contribution >= 0.6 is 23.4 Å². The van der Waals surface area contributed by atoms with Crippen molar-refractivity contribution in [2.24, 2.45) is 4.99 Å². The third kappa shape index (κ3) is 1.97. The Hall–Kier alpha value is -0.870. The van der Waals surface area contributed by atoms with Gasteiger partial charge in [0.05, 0.1) is 17.0 Å².